The van der Waals surface area contributed by atoms with Crippen LogP contribution in [0.4, 0.5) is 14.5 Å². The van der Waals surface area contributed by atoms with Gasteiger partial charge in [-0.05, 0) is 6.07 Å². The van der Waals surface area contributed by atoms with E-state index in [1.807, 2.05) is 0 Å². The summed E-state index contributed by atoms with van der Waals surface area (Å²) in [6.07, 6.45) is 0. The number of hydrogen-bond donors (Lipinski definition) is 1. The van der Waals surface area contributed by atoms with Crippen LogP contribution in [0, 0.1) is 21.7 Å². The van der Waals surface area contributed by atoms with Gasteiger partial charge in [0, 0.05) is 6.07 Å². The molecule has 0 radical (unpaired) electrons. The highest BCUT2D eigenvalue weighted by molar-refractivity contribution is 8.00. The average molecular weight is 249 g/mol. The van der Waals surface area contributed by atoms with Crippen LogP contribution in [0.25, 0.3) is 0 Å². The van der Waals surface area contributed by atoms with E-state index in [-0.39, 0.29) is 0 Å². The summed E-state index contributed by atoms with van der Waals surface area (Å²) < 4.78 is 26.0. The highest BCUT2D eigenvalue weighted by Crippen LogP contribution is 2.32. The largest absolute Gasteiger partial charge is 0.481 e. The summed E-state index contributed by atoms with van der Waals surface area (Å²) in [4.78, 5) is 19.2. The Hall–Kier alpha value is -1.70. The summed E-state index contributed by atoms with van der Waals surface area (Å²) >= 11 is 0.368. The molecule has 0 aliphatic carbocycles. The van der Waals surface area contributed by atoms with E-state index in [1.54, 1.807) is 0 Å². The van der Waals surface area contributed by atoms with Gasteiger partial charge >= 0.3 is 5.97 Å². The summed E-state index contributed by atoms with van der Waals surface area (Å²) in [6.45, 7) is 0. The first kappa shape index (κ1) is 12.4. The maximum absolute atomic E-state index is 13.2. The van der Waals surface area contributed by atoms with E-state index in [2.05, 4.69) is 0 Å². The molecule has 0 bridgehead atoms. The molecule has 0 spiro atoms. The van der Waals surface area contributed by atoms with Crippen LogP contribution in [0.1, 0.15) is 0 Å². The first-order valence-corrected chi connectivity index (χ1v) is 4.89. The predicted molar refractivity (Wildman–Crippen MR) is 51.4 cm³/mol. The zero-order valence-corrected chi connectivity index (χ0v) is 8.46. The van der Waals surface area contributed by atoms with E-state index in [9.17, 15) is 23.7 Å². The van der Waals surface area contributed by atoms with Crippen LogP contribution in [0.3, 0.4) is 0 Å². The van der Waals surface area contributed by atoms with Crippen LogP contribution < -0.4 is 0 Å². The summed E-state index contributed by atoms with van der Waals surface area (Å²) in [6, 6.07) is 1.42. The van der Waals surface area contributed by atoms with Crippen LogP contribution in [0.15, 0.2) is 17.0 Å². The zero-order chi connectivity index (χ0) is 12.3. The number of carboxylic acid groups (broad SMARTS) is 1. The highest BCUT2D eigenvalue weighted by atomic mass is 32.2. The second-order valence-electron chi connectivity index (χ2n) is 2.65. The molecule has 0 saturated carbocycles. The van der Waals surface area contributed by atoms with E-state index in [0.717, 1.165) is 6.07 Å². The van der Waals surface area contributed by atoms with Gasteiger partial charge < -0.3 is 5.11 Å². The second-order valence-corrected chi connectivity index (χ2v) is 3.63. The molecule has 0 aliphatic rings. The number of nitro benzene ring substituents is 1. The van der Waals surface area contributed by atoms with Crippen molar-refractivity contribution in [2.24, 2.45) is 0 Å². The number of hydrogen-bond acceptors (Lipinski definition) is 4. The number of nitro groups is 1. The Labute approximate surface area is 92.2 Å². The molecule has 0 amide bonds. The van der Waals surface area contributed by atoms with Crippen molar-refractivity contribution in [1.82, 2.24) is 0 Å². The Kier molecular flexibility index (Phi) is 3.78. The molecule has 0 atom stereocenters. The number of nitrogens with zero attached hydrogens (tertiary/aromatic N) is 1. The van der Waals surface area contributed by atoms with Crippen LogP contribution in [0.2, 0.25) is 0 Å². The maximum atomic E-state index is 13.2. The Morgan fingerprint density at radius 2 is 2.12 bits per heavy atom. The number of carbonyl (C=O) groups is 1. The molecule has 0 heterocycles. The van der Waals surface area contributed by atoms with Crippen molar-refractivity contribution in [2.75, 3.05) is 5.75 Å². The Balaban J connectivity index is 3.15. The molecular weight excluding hydrogens is 244 g/mol. The fourth-order valence-corrected chi connectivity index (χ4v) is 1.72. The first-order chi connectivity index (χ1) is 7.43. The summed E-state index contributed by atoms with van der Waals surface area (Å²) in [5.74, 6) is -4.51. The Bertz CT molecular complexity index is 452. The standard InChI is InChI=1S/C8H5F2NO4S/c9-4-1-2-5(11(14)15)8(7(4)10)16-3-6(12)13/h1-2H,3H2,(H,12,13). The lowest BCUT2D eigenvalue weighted by atomic mass is 10.3. The minimum absolute atomic E-state index is 0.368. The average Bonchev–Trinajstić information content (AvgIpc) is 2.19. The Morgan fingerprint density at radius 3 is 2.62 bits per heavy atom. The minimum Gasteiger partial charge on any atom is -0.481 e. The van der Waals surface area contributed by atoms with E-state index in [0.29, 0.717) is 17.8 Å². The Morgan fingerprint density at radius 1 is 1.50 bits per heavy atom. The number of rotatable bonds is 4. The summed E-state index contributed by atoms with van der Waals surface area (Å²) in [5.41, 5.74) is -0.648. The van der Waals surface area contributed by atoms with Crippen molar-refractivity contribution < 1.29 is 23.6 Å². The lowest BCUT2D eigenvalue weighted by Crippen LogP contribution is -2.01. The van der Waals surface area contributed by atoms with Gasteiger partial charge in [0.1, 0.15) is 4.90 Å². The molecule has 1 aromatic carbocycles. The molecule has 0 fully saturated rings. The molecule has 1 rings (SSSR count). The molecule has 16 heavy (non-hydrogen) atoms. The molecule has 0 aromatic heterocycles. The van der Waals surface area contributed by atoms with Crippen molar-refractivity contribution in [1.29, 1.82) is 0 Å². The first-order valence-electron chi connectivity index (χ1n) is 3.90. The van der Waals surface area contributed by atoms with Gasteiger partial charge in [-0.25, -0.2) is 8.78 Å². The molecule has 0 unspecified atom stereocenters. The van der Waals surface area contributed by atoms with Gasteiger partial charge in [0.15, 0.2) is 11.6 Å². The SMILES string of the molecule is O=C(O)CSc1c([N+](=O)[O-])ccc(F)c1F. The minimum atomic E-state index is -1.40. The van der Waals surface area contributed by atoms with Gasteiger partial charge in [-0.15, -0.1) is 11.8 Å². The second kappa shape index (κ2) is 4.88. The normalized spacial score (nSPS) is 10.1. The predicted octanol–water partition coefficient (Wildman–Crippen LogP) is 2.05. The smallest absolute Gasteiger partial charge is 0.313 e. The number of carboxylic acids is 1. The third-order valence-corrected chi connectivity index (χ3v) is 2.63. The van der Waals surface area contributed by atoms with Crippen LogP contribution in [0.5, 0.6) is 0 Å². The fraction of sp³-hybridized carbons (Fsp3) is 0.125. The van der Waals surface area contributed by atoms with Crippen LogP contribution in [-0.4, -0.2) is 21.8 Å². The monoisotopic (exact) mass is 249 g/mol. The van der Waals surface area contributed by atoms with Crippen molar-refractivity contribution in [3.63, 3.8) is 0 Å². The third kappa shape index (κ3) is 2.66. The quantitative estimate of drug-likeness (QED) is 0.501. The number of halogens is 2. The van der Waals surface area contributed by atoms with Gasteiger partial charge in [0.2, 0.25) is 0 Å². The molecule has 86 valence electrons. The molecule has 0 saturated heterocycles. The van der Waals surface area contributed by atoms with Crippen LogP contribution >= 0.6 is 11.8 Å². The molecular formula is C8H5F2NO4S. The molecule has 1 N–H and O–H groups in total. The van der Waals surface area contributed by atoms with Gasteiger partial charge in [-0.3, -0.25) is 14.9 Å². The van der Waals surface area contributed by atoms with Gasteiger partial charge in [-0.1, -0.05) is 0 Å². The van der Waals surface area contributed by atoms with Crippen molar-refractivity contribution in [3.8, 4) is 0 Å². The number of thioether (sulfide) groups is 1. The maximum Gasteiger partial charge on any atom is 0.313 e. The van der Waals surface area contributed by atoms with E-state index in [4.69, 9.17) is 5.11 Å². The van der Waals surface area contributed by atoms with E-state index >= 15 is 0 Å². The van der Waals surface area contributed by atoms with Crippen molar-refractivity contribution in [3.05, 3.63) is 33.9 Å². The lowest BCUT2D eigenvalue weighted by Gasteiger charge is -2.02. The summed E-state index contributed by atoms with van der Waals surface area (Å²) in [5, 5.41) is 18.8. The van der Waals surface area contributed by atoms with Crippen molar-refractivity contribution in [2.45, 2.75) is 4.90 Å². The molecule has 0 aliphatic heterocycles. The number of benzene rings is 1. The molecule has 5 nitrogen and oxygen atoms in total. The highest BCUT2D eigenvalue weighted by Gasteiger charge is 2.22. The van der Waals surface area contributed by atoms with E-state index in [1.165, 1.54) is 0 Å². The summed E-state index contributed by atoms with van der Waals surface area (Å²) in [7, 11) is 0. The third-order valence-electron chi connectivity index (χ3n) is 1.57. The topological polar surface area (TPSA) is 80.4 Å². The molecule has 8 heteroatoms. The lowest BCUT2D eigenvalue weighted by molar-refractivity contribution is -0.388. The zero-order valence-electron chi connectivity index (χ0n) is 7.65. The van der Waals surface area contributed by atoms with Gasteiger partial charge in [0.05, 0.1) is 10.7 Å². The van der Waals surface area contributed by atoms with E-state index < -0.39 is 38.9 Å². The van der Waals surface area contributed by atoms with Gasteiger partial charge in [0.25, 0.3) is 5.69 Å². The number of aliphatic carboxylic acids is 1. The van der Waals surface area contributed by atoms with Crippen LogP contribution in [-0.2, 0) is 4.79 Å². The van der Waals surface area contributed by atoms with Gasteiger partial charge in [-0.2, -0.15) is 0 Å². The fourth-order valence-electron chi connectivity index (χ4n) is 0.937. The molecule has 1 aromatic rings. The van der Waals surface area contributed by atoms with Crippen molar-refractivity contribution >= 4 is 23.4 Å².